The fourth-order valence-corrected chi connectivity index (χ4v) is 3.45. The molecule has 0 N–H and O–H groups in total. The van der Waals surface area contributed by atoms with Gasteiger partial charge in [-0.2, -0.15) is 0 Å². The summed E-state index contributed by atoms with van der Waals surface area (Å²) in [4.78, 5) is 26.9. The van der Waals surface area contributed by atoms with Crippen molar-refractivity contribution in [2.24, 2.45) is 0 Å². The van der Waals surface area contributed by atoms with Gasteiger partial charge in [-0.25, -0.2) is 4.98 Å². The Kier molecular flexibility index (Phi) is 5.60. The van der Waals surface area contributed by atoms with E-state index in [4.69, 9.17) is 9.47 Å². The van der Waals surface area contributed by atoms with Crippen LogP contribution in [0.5, 0.6) is 5.75 Å². The van der Waals surface area contributed by atoms with E-state index >= 15 is 0 Å². The first-order valence-corrected chi connectivity index (χ1v) is 9.12. The standard InChI is InChI=1S/C18H17N3O5S/c1-3-26-17(22)11-27-18-19-13-10-12(21(23)24)8-9-14(13)20(18)15-6-4-5-7-16(15)25-2/h4-10H,3,11H2,1-2H3. The van der Waals surface area contributed by atoms with Gasteiger partial charge in [0.15, 0.2) is 5.16 Å². The second-order valence-corrected chi connectivity index (χ2v) is 6.37. The van der Waals surface area contributed by atoms with Crippen molar-refractivity contribution >= 4 is 34.5 Å². The zero-order valence-electron chi connectivity index (χ0n) is 14.7. The Balaban J connectivity index is 2.13. The molecule has 0 bridgehead atoms. The average molecular weight is 387 g/mol. The molecule has 3 rings (SSSR count). The molecule has 27 heavy (non-hydrogen) atoms. The van der Waals surface area contributed by atoms with Crippen LogP contribution in [0.25, 0.3) is 16.7 Å². The highest BCUT2D eigenvalue weighted by molar-refractivity contribution is 7.99. The Morgan fingerprint density at radius 3 is 2.78 bits per heavy atom. The molecule has 0 aliphatic carbocycles. The molecule has 9 heteroatoms. The monoisotopic (exact) mass is 387 g/mol. The van der Waals surface area contributed by atoms with Gasteiger partial charge in [-0.05, 0) is 25.1 Å². The van der Waals surface area contributed by atoms with Gasteiger partial charge < -0.3 is 9.47 Å². The smallest absolute Gasteiger partial charge is 0.316 e. The number of fused-ring (bicyclic) bond motifs is 1. The number of hydrogen-bond acceptors (Lipinski definition) is 7. The molecule has 1 aromatic heterocycles. The summed E-state index contributed by atoms with van der Waals surface area (Å²) in [6.07, 6.45) is 0. The largest absolute Gasteiger partial charge is 0.495 e. The van der Waals surface area contributed by atoms with Crippen molar-refractivity contribution in [3.63, 3.8) is 0 Å². The lowest BCUT2D eigenvalue weighted by molar-refractivity contribution is -0.384. The molecule has 0 saturated heterocycles. The number of thioether (sulfide) groups is 1. The van der Waals surface area contributed by atoms with Gasteiger partial charge in [-0.15, -0.1) is 0 Å². The summed E-state index contributed by atoms with van der Waals surface area (Å²) in [6, 6.07) is 11.8. The van der Waals surface area contributed by atoms with E-state index in [1.807, 2.05) is 28.8 Å². The molecule has 0 saturated carbocycles. The Morgan fingerprint density at radius 2 is 2.07 bits per heavy atom. The normalized spacial score (nSPS) is 10.7. The van der Waals surface area contributed by atoms with Crippen molar-refractivity contribution in [1.29, 1.82) is 0 Å². The fraction of sp³-hybridized carbons (Fsp3) is 0.222. The Morgan fingerprint density at radius 1 is 1.30 bits per heavy atom. The summed E-state index contributed by atoms with van der Waals surface area (Å²) >= 11 is 1.20. The van der Waals surface area contributed by atoms with Crippen LogP contribution in [-0.2, 0) is 9.53 Å². The van der Waals surface area contributed by atoms with Crippen LogP contribution in [0, 0.1) is 10.1 Å². The number of carbonyl (C=O) groups is 1. The number of hydrogen-bond donors (Lipinski definition) is 0. The topological polar surface area (TPSA) is 96.5 Å². The predicted octanol–water partition coefficient (Wildman–Crippen LogP) is 3.60. The Hall–Kier alpha value is -3.07. The molecular weight excluding hydrogens is 370 g/mol. The number of para-hydroxylation sites is 2. The molecule has 0 aliphatic rings. The predicted molar refractivity (Wildman–Crippen MR) is 102 cm³/mol. The van der Waals surface area contributed by atoms with Gasteiger partial charge in [0.2, 0.25) is 0 Å². The van der Waals surface area contributed by atoms with Crippen LogP contribution in [0.4, 0.5) is 5.69 Å². The zero-order chi connectivity index (χ0) is 19.4. The minimum absolute atomic E-state index is 0.0471. The van der Waals surface area contributed by atoms with Crippen LogP contribution < -0.4 is 4.74 Å². The van der Waals surface area contributed by atoms with Crippen molar-refractivity contribution in [2.45, 2.75) is 12.1 Å². The lowest BCUT2D eigenvalue weighted by Gasteiger charge is -2.12. The van der Waals surface area contributed by atoms with Gasteiger partial charge in [-0.3, -0.25) is 19.5 Å². The van der Waals surface area contributed by atoms with E-state index in [-0.39, 0.29) is 17.4 Å². The van der Waals surface area contributed by atoms with Gasteiger partial charge in [-0.1, -0.05) is 23.9 Å². The van der Waals surface area contributed by atoms with E-state index in [0.29, 0.717) is 28.5 Å². The molecule has 0 aliphatic heterocycles. The number of methoxy groups -OCH3 is 1. The van der Waals surface area contributed by atoms with E-state index < -0.39 is 4.92 Å². The second-order valence-electron chi connectivity index (χ2n) is 5.43. The number of carbonyl (C=O) groups excluding carboxylic acids is 1. The summed E-state index contributed by atoms with van der Waals surface area (Å²) in [5.41, 5.74) is 1.81. The molecule has 0 atom stereocenters. The lowest BCUT2D eigenvalue weighted by Crippen LogP contribution is -2.08. The summed E-state index contributed by atoms with van der Waals surface area (Å²) in [6.45, 7) is 2.04. The molecule has 1 heterocycles. The number of non-ortho nitro benzene ring substituents is 1. The molecule has 0 unspecified atom stereocenters. The van der Waals surface area contributed by atoms with E-state index in [2.05, 4.69) is 4.98 Å². The Labute approximate surface area is 159 Å². The molecular formula is C18H17N3O5S. The highest BCUT2D eigenvalue weighted by atomic mass is 32.2. The van der Waals surface area contributed by atoms with Crippen molar-refractivity contribution in [3.8, 4) is 11.4 Å². The quantitative estimate of drug-likeness (QED) is 0.264. The van der Waals surface area contributed by atoms with E-state index in [0.717, 1.165) is 5.69 Å². The molecule has 140 valence electrons. The summed E-state index contributed by atoms with van der Waals surface area (Å²) < 4.78 is 12.2. The number of ether oxygens (including phenoxy) is 2. The van der Waals surface area contributed by atoms with Gasteiger partial charge in [0, 0.05) is 12.1 Å². The first-order chi connectivity index (χ1) is 13.0. The number of nitro groups is 1. The van der Waals surface area contributed by atoms with E-state index in [1.165, 1.54) is 23.9 Å². The van der Waals surface area contributed by atoms with Crippen molar-refractivity contribution in [1.82, 2.24) is 9.55 Å². The SMILES string of the molecule is CCOC(=O)CSc1nc2cc([N+](=O)[O-])ccc2n1-c1ccccc1OC. The zero-order valence-corrected chi connectivity index (χ0v) is 15.6. The maximum atomic E-state index is 11.8. The van der Waals surface area contributed by atoms with E-state index in [1.54, 1.807) is 20.1 Å². The minimum Gasteiger partial charge on any atom is -0.495 e. The third-order valence-corrected chi connectivity index (χ3v) is 4.68. The molecule has 3 aromatic rings. The molecule has 0 amide bonds. The number of rotatable bonds is 7. The molecule has 2 aromatic carbocycles. The number of aromatic nitrogens is 2. The molecule has 8 nitrogen and oxygen atoms in total. The van der Waals surface area contributed by atoms with Crippen LogP contribution in [-0.4, -0.2) is 39.9 Å². The minimum atomic E-state index is -0.465. The van der Waals surface area contributed by atoms with Gasteiger partial charge in [0.25, 0.3) is 5.69 Å². The maximum Gasteiger partial charge on any atom is 0.316 e. The third kappa shape index (κ3) is 3.87. The maximum absolute atomic E-state index is 11.8. The lowest BCUT2D eigenvalue weighted by atomic mass is 10.2. The highest BCUT2D eigenvalue weighted by Gasteiger charge is 2.19. The number of esters is 1. The number of nitro benzene ring substituents is 1. The molecule has 0 fully saturated rings. The van der Waals surface area contributed by atoms with E-state index in [9.17, 15) is 14.9 Å². The highest BCUT2D eigenvalue weighted by Crippen LogP contribution is 2.33. The fourth-order valence-electron chi connectivity index (χ4n) is 2.63. The van der Waals surface area contributed by atoms with Crippen LogP contribution in [0.15, 0.2) is 47.6 Å². The van der Waals surface area contributed by atoms with Crippen LogP contribution >= 0.6 is 11.8 Å². The number of benzene rings is 2. The van der Waals surface area contributed by atoms with Gasteiger partial charge in [0.1, 0.15) is 5.75 Å². The van der Waals surface area contributed by atoms with Gasteiger partial charge in [0.05, 0.1) is 41.1 Å². The average Bonchev–Trinajstić information content (AvgIpc) is 3.03. The van der Waals surface area contributed by atoms with Crippen LogP contribution in [0.3, 0.4) is 0 Å². The van der Waals surface area contributed by atoms with Crippen molar-refractivity contribution in [3.05, 3.63) is 52.6 Å². The summed E-state index contributed by atoms with van der Waals surface area (Å²) in [7, 11) is 1.56. The first-order valence-electron chi connectivity index (χ1n) is 8.13. The second kappa shape index (κ2) is 8.09. The van der Waals surface area contributed by atoms with Gasteiger partial charge >= 0.3 is 5.97 Å². The van der Waals surface area contributed by atoms with Crippen molar-refractivity contribution in [2.75, 3.05) is 19.5 Å². The van der Waals surface area contributed by atoms with Crippen LogP contribution in [0.2, 0.25) is 0 Å². The number of imidazole rings is 1. The van der Waals surface area contributed by atoms with Crippen LogP contribution in [0.1, 0.15) is 6.92 Å². The molecule has 0 radical (unpaired) electrons. The van der Waals surface area contributed by atoms with Crippen molar-refractivity contribution < 1.29 is 19.2 Å². The summed E-state index contributed by atoms with van der Waals surface area (Å²) in [5, 5.41) is 11.6. The Bertz CT molecular complexity index is 1000. The summed E-state index contributed by atoms with van der Waals surface area (Å²) in [5.74, 6) is 0.342. The first kappa shape index (κ1) is 18.7. The third-order valence-electron chi connectivity index (χ3n) is 3.77. The number of nitrogens with zero attached hydrogens (tertiary/aromatic N) is 3. The molecule has 0 spiro atoms.